The molecule has 1 fully saturated rings. The second kappa shape index (κ2) is 6.18. The summed E-state index contributed by atoms with van der Waals surface area (Å²) in [5.74, 6) is -0.788. The standard InChI is InChI=1S/C13H20N2O2S/c1-15-11(8-12(16)17)9-18-13(15)14-10-6-4-2-3-5-7-10/h9-10H,2-8H2,1H3,(H,16,17). The van der Waals surface area contributed by atoms with Crippen LogP contribution in [0.15, 0.2) is 10.4 Å². The van der Waals surface area contributed by atoms with Crippen LogP contribution in [-0.2, 0) is 18.3 Å². The average Bonchev–Trinajstić information content (AvgIpc) is 2.57. The molecule has 0 amide bonds. The highest BCUT2D eigenvalue weighted by Gasteiger charge is 2.12. The van der Waals surface area contributed by atoms with E-state index in [4.69, 9.17) is 10.1 Å². The van der Waals surface area contributed by atoms with Gasteiger partial charge >= 0.3 is 5.97 Å². The van der Waals surface area contributed by atoms with Gasteiger partial charge in [0.15, 0.2) is 4.80 Å². The predicted molar refractivity (Wildman–Crippen MR) is 71.7 cm³/mol. The van der Waals surface area contributed by atoms with E-state index in [-0.39, 0.29) is 6.42 Å². The second-order valence-corrected chi connectivity index (χ2v) is 5.75. The van der Waals surface area contributed by atoms with Gasteiger partial charge in [-0.15, -0.1) is 11.3 Å². The summed E-state index contributed by atoms with van der Waals surface area (Å²) in [7, 11) is 1.91. The third kappa shape index (κ3) is 3.45. The van der Waals surface area contributed by atoms with Crippen LogP contribution in [0, 0.1) is 0 Å². The monoisotopic (exact) mass is 268 g/mol. The molecule has 1 aromatic rings. The summed E-state index contributed by atoms with van der Waals surface area (Å²) in [6.07, 6.45) is 7.61. The number of aromatic nitrogens is 1. The van der Waals surface area contributed by atoms with Gasteiger partial charge in [-0.1, -0.05) is 25.7 Å². The summed E-state index contributed by atoms with van der Waals surface area (Å²) in [6.45, 7) is 0. The van der Waals surface area contributed by atoms with Crippen molar-refractivity contribution in [3.8, 4) is 0 Å². The molecule has 0 bridgehead atoms. The molecule has 2 rings (SSSR count). The predicted octanol–water partition coefficient (Wildman–Crippen LogP) is 2.34. The lowest BCUT2D eigenvalue weighted by Gasteiger charge is -2.07. The number of carboxylic acid groups (broad SMARTS) is 1. The Morgan fingerprint density at radius 3 is 2.72 bits per heavy atom. The molecule has 0 radical (unpaired) electrons. The smallest absolute Gasteiger partial charge is 0.309 e. The van der Waals surface area contributed by atoms with Crippen molar-refractivity contribution in [1.29, 1.82) is 0 Å². The van der Waals surface area contributed by atoms with E-state index in [1.54, 1.807) is 11.3 Å². The quantitative estimate of drug-likeness (QED) is 0.855. The summed E-state index contributed by atoms with van der Waals surface area (Å²) in [5, 5.41) is 10.7. The fourth-order valence-electron chi connectivity index (χ4n) is 2.38. The van der Waals surface area contributed by atoms with E-state index in [1.807, 2.05) is 17.0 Å². The van der Waals surface area contributed by atoms with Crippen molar-refractivity contribution < 1.29 is 9.90 Å². The molecule has 0 unspecified atom stereocenters. The van der Waals surface area contributed by atoms with Gasteiger partial charge in [0.1, 0.15) is 0 Å². The van der Waals surface area contributed by atoms with Crippen LogP contribution >= 0.6 is 11.3 Å². The molecular formula is C13H20N2O2S. The van der Waals surface area contributed by atoms with Gasteiger partial charge in [-0.05, 0) is 12.8 Å². The molecule has 0 aliphatic heterocycles. The zero-order valence-corrected chi connectivity index (χ0v) is 11.6. The minimum Gasteiger partial charge on any atom is -0.481 e. The van der Waals surface area contributed by atoms with Crippen LogP contribution < -0.4 is 4.80 Å². The van der Waals surface area contributed by atoms with E-state index in [2.05, 4.69) is 0 Å². The largest absolute Gasteiger partial charge is 0.481 e. The topological polar surface area (TPSA) is 54.6 Å². The number of hydrogen-bond acceptors (Lipinski definition) is 3. The van der Waals surface area contributed by atoms with Crippen molar-refractivity contribution in [1.82, 2.24) is 4.57 Å². The van der Waals surface area contributed by atoms with Crippen molar-refractivity contribution in [2.75, 3.05) is 0 Å². The molecule has 0 atom stereocenters. The SMILES string of the molecule is Cn1c(CC(=O)O)csc1=NC1CCCCCC1. The third-order valence-electron chi connectivity index (χ3n) is 3.47. The first kappa shape index (κ1) is 13.3. The Hall–Kier alpha value is -1.10. The number of nitrogens with zero attached hydrogens (tertiary/aromatic N) is 2. The van der Waals surface area contributed by atoms with Gasteiger partial charge in [0, 0.05) is 18.1 Å². The molecule has 0 saturated heterocycles. The average molecular weight is 268 g/mol. The normalized spacial score (nSPS) is 18.8. The molecule has 1 saturated carbocycles. The Balaban J connectivity index is 2.16. The zero-order valence-electron chi connectivity index (χ0n) is 10.8. The minimum absolute atomic E-state index is 0.0766. The summed E-state index contributed by atoms with van der Waals surface area (Å²) < 4.78 is 1.92. The highest BCUT2D eigenvalue weighted by atomic mass is 32.1. The van der Waals surface area contributed by atoms with E-state index >= 15 is 0 Å². The van der Waals surface area contributed by atoms with E-state index in [9.17, 15) is 4.79 Å². The van der Waals surface area contributed by atoms with Crippen molar-refractivity contribution in [2.45, 2.75) is 51.0 Å². The summed E-state index contributed by atoms with van der Waals surface area (Å²) in [5.41, 5.74) is 0.833. The molecule has 1 heterocycles. The summed E-state index contributed by atoms with van der Waals surface area (Å²) >= 11 is 1.55. The molecule has 4 nitrogen and oxygen atoms in total. The maximum atomic E-state index is 10.7. The molecule has 18 heavy (non-hydrogen) atoms. The Labute approximate surface area is 111 Å². The van der Waals surface area contributed by atoms with Crippen molar-refractivity contribution in [2.24, 2.45) is 12.0 Å². The lowest BCUT2D eigenvalue weighted by atomic mass is 10.1. The maximum absolute atomic E-state index is 10.7. The maximum Gasteiger partial charge on any atom is 0.309 e. The highest BCUT2D eigenvalue weighted by molar-refractivity contribution is 7.07. The van der Waals surface area contributed by atoms with Crippen LogP contribution in [0.4, 0.5) is 0 Å². The first-order chi connectivity index (χ1) is 8.66. The van der Waals surface area contributed by atoms with Crippen molar-refractivity contribution >= 4 is 17.3 Å². The second-order valence-electron chi connectivity index (χ2n) is 4.91. The number of rotatable bonds is 3. The molecule has 1 aromatic heterocycles. The third-order valence-corrected chi connectivity index (χ3v) is 4.45. The number of carbonyl (C=O) groups is 1. The van der Waals surface area contributed by atoms with Crippen molar-refractivity contribution in [3.63, 3.8) is 0 Å². The van der Waals surface area contributed by atoms with Crippen LogP contribution in [0.25, 0.3) is 0 Å². The van der Waals surface area contributed by atoms with Crippen LogP contribution in [-0.4, -0.2) is 21.7 Å². The van der Waals surface area contributed by atoms with Gasteiger partial charge in [-0.2, -0.15) is 0 Å². The summed E-state index contributed by atoms with van der Waals surface area (Å²) in [6, 6.07) is 0.426. The Morgan fingerprint density at radius 2 is 2.11 bits per heavy atom. The molecule has 0 spiro atoms. The molecule has 1 aliphatic rings. The highest BCUT2D eigenvalue weighted by Crippen LogP contribution is 2.19. The van der Waals surface area contributed by atoms with Crippen molar-refractivity contribution in [3.05, 3.63) is 15.9 Å². The van der Waals surface area contributed by atoms with Gasteiger partial charge in [-0.3, -0.25) is 9.79 Å². The number of thiazole rings is 1. The van der Waals surface area contributed by atoms with E-state index in [0.29, 0.717) is 6.04 Å². The molecule has 1 N–H and O–H groups in total. The zero-order chi connectivity index (χ0) is 13.0. The molecule has 0 aromatic carbocycles. The van der Waals surface area contributed by atoms with Gasteiger partial charge in [0.2, 0.25) is 0 Å². The van der Waals surface area contributed by atoms with Gasteiger partial charge in [-0.25, -0.2) is 0 Å². The van der Waals surface area contributed by atoms with E-state index < -0.39 is 5.97 Å². The first-order valence-corrected chi connectivity index (χ1v) is 7.44. The lowest BCUT2D eigenvalue weighted by Crippen LogP contribution is -2.18. The van der Waals surface area contributed by atoms with Gasteiger partial charge in [0.05, 0.1) is 12.5 Å². The Bertz CT molecular complexity index is 468. The van der Waals surface area contributed by atoms with Crippen LogP contribution in [0.2, 0.25) is 0 Å². The lowest BCUT2D eigenvalue weighted by molar-refractivity contribution is -0.136. The number of carboxylic acids is 1. The molecule has 5 heteroatoms. The number of aliphatic carboxylic acids is 1. The number of hydrogen-bond donors (Lipinski definition) is 1. The first-order valence-electron chi connectivity index (χ1n) is 6.56. The van der Waals surface area contributed by atoms with Crippen LogP contribution in [0.5, 0.6) is 0 Å². The molecular weight excluding hydrogens is 248 g/mol. The van der Waals surface area contributed by atoms with Gasteiger partial charge < -0.3 is 9.67 Å². The Kier molecular flexibility index (Phi) is 4.58. The molecule has 100 valence electrons. The van der Waals surface area contributed by atoms with Crippen LogP contribution in [0.1, 0.15) is 44.2 Å². The fourth-order valence-corrected chi connectivity index (χ4v) is 3.35. The van der Waals surface area contributed by atoms with E-state index in [0.717, 1.165) is 10.5 Å². The minimum atomic E-state index is -0.788. The van der Waals surface area contributed by atoms with Gasteiger partial charge in [0.25, 0.3) is 0 Å². The van der Waals surface area contributed by atoms with E-state index in [1.165, 1.54) is 38.5 Å². The van der Waals surface area contributed by atoms with Crippen LogP contribution in [0.3, 0.4) is 0 Å². The Morgan fingerprint density at radius 1 is 1.44 bits per heavy atom. The summed E-state index contributed by atoms with van der Waals surface area (Å²) in [4.78, 5) is 16.5. The fraction of sp³-hybridized carbons (Fsp3) is 0.692. The molecule has 1 aliphatic carbocycles.